The van der Waals surface area contributed by atoms with Gasteiger partial charge in [0.25, 0.3) is 0 Å². The maximum atomic E-state index is 11.1. The number of amides is 2. The van der Waals surface area contributed by atoms with E-state index in [2.05, 4.69) is 20.6 Å². The highest BCUT2D eigenvalue weighted by Crippen LogP contribution is 2.16. The Balaban J connectivity index is 2.33. The maximum absolute atomic E-state index is 11.1. The molecule has 0 aliphatic heterocycles. The number of H-pyrrole nitrogens is 1. The molecule has 0 atom stereocenters. The van der Waals surface area contributed by atoms with Crippen molar-refractivity contribution in [3.63, 3.8) is 0 Å². The summed E-state index contributed by atoms with van der Waals surface area (Å²) in [7, 11) is 1.58. The molecular formula is C10H12N4O. The fourth-order valence-electron chi connectivity index (χ4n) is 1.41. The Kier molecular flexibility index (Phi) is 2.29. The van der Waals surface area contributed by atoms with Gasteiger partial charge in [-0.25, -0.2) is 9.78 Å². The van der Waals surface area contributed by atoms with E-state index in [1.807, 2.05) is 25.1 Å². The highest BCUT2D eigenvalue weighted by Gasteiger charge is 2.02. The minimum absolute atomic E-state index is 0.231. The van der Waals surface area contributed by atoms with Crippen LogP contribution in [0, 0.1) is 6.92 Å². The van der Waals surface area contributed by atoms with Crippen LogP contribution in [0.2, 0.25) is 0 Å². The van der Waals surface area contributed by atoms with E-state index in [1.165, 1.54) is 0 Å². The first-order valence-corrected chi connectivity index (χ1v) is 4.64. The minimum atomic E-state index is -0.231. The van der Waals surface area contributed by atoms with Crippen LogP contribution in [0.3, 0.4) is 0 Å². The SMILES string of the molecule is CNC(=O)Nc1ccc2nc(C)[nH]c2c1. The van der Waals surface area contributed by atoms with Gasteiger partial charge in [-0.05, 0) is 25.1 Å². The Morgan fingerprint density at radius 1 is 1.47 bits per heavy atom. The Bertz CT molecular complexity index is 503. The van der Waals surface area contributed by atoms with Gasteiger partial charge >= 0.3 is 6.03 Å². The van der Waals surface area contributed by atoms with E-state index in [9.17, 15) is 4.79 Å². The number of aryl methyl sites for hydroxylation is 1. The molecule has 5 nitrogen and oxygen atoms in total. The van der Waals surface area contributed by atoms with Crippen molar-refractivity contribution in [2.75, 3.05) is 12.4 Å². The molecule has 78 valence electrons. The van der Waals surface area contributed by atoms with Crippen LogP contribution in [0.5, 0.6) is 0 Å². The van der Waals surface area contributed by atoms with E-state index in [1.54, 1.807) is 7.05 Å². The third-order valence-electron chi connectivity index (χ3n) is 2.09. The Labute approximate surface area is 86.9 Å². The number of nitrogens with zero attached hydrogens (tertiary/aromatic N) is 1. The number of hydrogen-bond donors (Lipinski definition) is 3. The average Bonchev–Trinajstić information content (AvgIpc) is 2.57. The first kappa shape index (κ1) is 9.51. The molecule has 1 heterocycles. The van der Waals surface area contributed by atoms with Crippen molar-refractivity contribution >= 4 is 22.8 Å². The van der Waals surface area contributed by atoms with Crippen LogP contribution in [-0.4, -0.2) is 23.0 Å². The highest BCUT2D eigenvalue weighted by molar-refractivity contribution is 5.91. The van der Waals surface area contributed by atoms with E-state index in [0.29, 0.717) is 0 Å². The number of aromatic nitrogens is 2. The lowest BCUT2D eigenvalue weighted by atomic mass is 10.3. The minimum Gasteiger partial charge on any atom is -0.342 e. The monoisotopic (exact) mass is 204 g/mol. The summed E-state index contributed by atoms with van der Waals surface area (Å²) in [5, 5.41) is 5.19. The molecule has 15 heavy (non-hydrogen) atoms. The topological polar surface area (TPSA) is 69.8 Å². The summed E-state index contributed by atoms with van der Waals surface area (Å²) >= 11 is 0. The summed E-state index contributed by atoms with van der Waals surface area (Å²) in [5.74, 6) is 0.863. The summed E-state index contributed by atoms with van der Waals surface area (Å²) in [5.41, 5.74) is 2.56. The van der Waals surface area contributed by atoms with Crippen molar-refractivity contribution in [2.24, 2.45) is 0 Å². The molecule has 3 N–H and O–H groups in total. The fraction of sp³-hybridized carbons (Fsp3) is 0.200. The zero-order chi connectivity index (χ0) is 10.8. The Morgan fingerprint density at radius 3 is 3.00 bits per heavy atom. The molecule has 2 aromatic rings. The number of benzene rings is 1. The number of carbonyl (C=O) groups is 1. The molecule has 0 fully saturated rings. The smallest absolute Gasteiger partial charge is 0.318 e. The Hall–Kier alpha value is -2.04. The second kappa shape index (κ2) is 3.61. The van der Waals surface area contributed by atoms with Gasteiger partial charge in [-0.15, -0.1) is 0 Å². The van der Waals surface area contributed by atoms with E-state index in [0.717, 1.165) is 22.5 Å². The van der Waals surface area contributed by atoms with E-state index in [-0.39, 0.29) is 6.03 Å². The van der Waals surface area contributed by atoms with Crippen molar-refractivity contribution in [1.29, 1.82) is 0 Å². The summed E-state index contributed by atoms with van der Waals surface area (Å²) < 4.78 is 0. The molecule has 0 radical (unpaired) electrons. The van der Waals surface area contributed by atoms with E-state index in [4.69, 9.17) is 0 Å². The molecular weight excluding hydrogens is 192 g/mol. The predicted molar refractivity (Wildman–Crippen MR) is 58.9 cm³/mol. The van der Waals surface area contributed by atoms with Crippen molar-refractivity contribution in [1.82, 2.24) is 15.3 Å². The molecule has 2 amide bonds. The van der Waals surface area contributed by atoms with Gasteiger partial charge in [-0.2, -0.15) is 0 Å². The number of carbonyl (C=O) groups excluding carboxylic acids is 1. The number of nitrogens with one attached hydrogen (secondary N) is 3. The number of rotatable bonds is 1. The van der Waals surface area contributed by atoms with Gasteiger partial charge < -0.3 is 15.6 Å². The van der Waals surface area contributed by atoms with Gasteiger partial charge in [-0.3, -0.25) is 0 Å². The van der Waals surface area contributed by atoms with Crippen molar-refractivity contribution in [3.8, 4) is 0 Å². The number of fused-ring (bicyclic) bond motifs is 1. The second-order valence-electron chi connectivity index (χ2n) is 3.26. The summed E-state index contributed by atoms with van der Waals surface area (Å²) in [6, 6.07) is 5.30. The first-order chi connectivity index (χ1) is 7.19. The van der Waals surface area contributed by atoms with E-state index >= 15 is 0 Å². The van der Waals surface area contributed by atoms with Crippen LogP contribution in [0.4, 0.5) is 10.5 Å². The van der Waals surface area contributed by atoms with Crippen molar-refractivity contribution in [3.05, 3.63) is 24.0 Å². The lowest BCUT2D eigenvalue weighted by molar-refractivity contribution is 0.254. The molecule has 0 spiro atoms. The predicted octanol–water partition coefficient (Wildman–Crippen LogP) is 1.62. The van der Waals surface area contributed by atoms with Gasteiger partial charge in [0.05, 0.1) is 11.0 Å². The highest BCUT2D eigenvalue weighted by atomic mass is 16.2. The van der Waals surface area contributed by atoms with Gasteiger partial charge in [-0.1, -0.05) is 0 Å². The summed E-state index contributed by atoms with van der Waals surface area (Å²) in [6.07, 6.45) is 0. The quantitative estimate of drug-likeness (QED) is 0.660. The largest absolute Gasteiger partial charge is 0.342 e. The summed E-state index contributed by atoms with van der Waals surface area (Å²) in [6.45, 7) is 1.89. The lowest BCUT2D eigenvalue weighted by Crippen LogP contribution is -2.24. The number of imidazole rings is 1. The third kappa shape index (κ3) is 1.90. The van der Waals surface area contributed by atoms with Crippen LogP contribution in [0.15, 0.2) is 18.2 Å². The molecule has 1 aromatic heterocycles. The normalized spacial score (nSPS) is 10.3. The molecule has 0 saturated carbocycles. The number of aromatic amines is 1. The number of hydrogen-bond acceptors (Lipinski definition) is 2. The van der Waals surface area contributed by atoms with Crippen molar-refractivity contribution < 1.29 is 4.79 Å². The summed E-state index contributed by atoms with van der Waals surface area (Å²) in [4.78, 5) is 18.5. The molecule has 0 saturated heterocycles. The van der Waals surface area contributed by atoms with Gasteiger partial charge in [0.2, 0.25) is 0 Å². The molecule has 0 aliphatic rings. The van der Waals surface area contributed by atoms with Gasteiger partial charge in [0.1, 0.15) is 5.82 Å². The van der Waals surface area contributed by atoms with Gasteiger partial charge in [0, 0.05) is 12.7 Å². The number of anilines is 1. The van der Waals surface area contributed by atoms with Crippen LogP contribution in [-0.2, 0) is 0 Å². The standard InChI is InChI=1S/C10H12N4O/c1-6-12-8-4-3-7(5-9(8)13-6)14-10(15)11-2/h3-5H,1-2H3,(H,12,13)(H2,11,14,15). The molecule has 0 unspecified atom stereocenters. The molecule has 0 aliphatic carbocycles. The van der Waals surface area contributed by atoms with E-state index < -0.39 is 0 Å². The Morgan fingerprint density at radius 2 is 2.27 bits per heavy atom. The molecule has 2 rings (SSSR count). The van der Waals surface area contributed by atoms with Crippen LogP contribution in [0.25, 0.3) is 11.0 Å². The van der Waals surface area contributed by atoms with Crippen LogP contribution in [0.1, 0.15) is 5.82 Å². The van der Waals surface area contributed by atoms with Gasteiger partial charge in [0.15, 0.2) is 0 Å². The molecule has 0 bridgehead atoms. The number of urea groups is 1. The fourth-order valence-corrected chi connectivity index (χ4v) is 1.41. The second-order valence-corrected chi connectivity index (χ2v) is 3.26. The van der Waals surface area contributed by atoms with Crippen molar-refractivity contribution in [2.45, 2.75) is 6.92 Å². The lowest BCUT2D eigenvalue weighted by Gasteiger charge is -2.03. The third-order valence-corrected chi connectivity index (χ3v) is 2.09. The van der Waals surface area contributed by atoms with Crippen LogP contribution >= 0.6 is 0 Å². The zero-order valence-corrected chi connectivity index (χ0v) is 8.59. The molecule has 1 aromatic carbocycles. The zero-order valence-electron chi connectivity index (χ0n) is 8.59. The average molecular weight is 204 g/mol. The molecule has 5 heteroatoms. The van der Waals surface area contributed by atoms with Crippen LogP contribution < -0.4 is 10.6 Å². The first-order valence-electron chi connectivity index (χ1n) is 4.64. The maximum Gasteiger partial charge on any atom is 0.318 e.